The molecule has 0 bridgehead atoms. The molecule has 0 radical (unpaired) electrons. The van der Waals surface area contributed by atoms with Crippen molar-refractivity contribution in [1.29, 1.82) is 0 Å². The van der Waals surface area contributed by atoms with E-state index in [1.165, 1.54) is 16.0 Å². The molecule has 0 saturated carbocycles. The first-order valence-corrected chi connectivity index (χ1v) is 9.98. The summed E-state index contributed by atoms with van der Waals surface area (Å²) >= 11 is 1.76. The third-order valence-corrected chi connectivity index (χ3v) is 5.05. The molecule has 26 heavy (non-hydrogen) atoms. The van der Waals surface area contributed by atoms with Crippen LogP contribution in [0.25, 0.3) is 0 Å². The maximum atomic E-state index is 4.78. The van der Waals surface area contributed by atoms with Crippen LogP contribution in [0, 0.1) is 0 Å². The van der Waals surface area contributed by atoms with Gasteiger partial charge in [0.05, 0.1) is 13.1 Å². The first-order valence-electron chi connectivity index (χ1n) is 9.10. The van der Waals surface area contributed by atoms with Crippen molar-refractivity contribution < 1.29 is 0 Å². The third-order valence-electron chi connectivity index (χ3n) is 4.17. The molecule has 0 amide bonds. The molecular weight excluding hydrogens is 455 g/mol. The summed E-state index contributed by atoms with van der Waals surface area (Å²) < 4.78 is 0. The van der Waals surface area contributed by atoms with Crippen molar-refractivity contribution >= 4 is 41.3 Å². The van der Waals surface area contributed by atoms with Gasteiger partial charge in [0.2, 0.25) is 0 Å². The maximum absolute atomic E-state index is 4.78. The van der Waals surface area contributed by atoms with Gasteiger partial charge in [0.1, 0.15) is 0 Å². The first kappa shape index (κ1) is 22.9. The van der Waals surface area contributed by atoms with Gasteiger partial charge in [-0.05, 0) is 42.6 Å². The molecule has 2 N–H and O–H groups in total. The quantitative estimate of drug-likeness (QED) is 0.312. The van der Waals surface area contributed by atoms with Crippen molar-refractivity contribution in [2.45, 2.75) is 40.4 Å². The summed E-state index contributed by atoms with van der Waals surface area (Å²) in [4.78, 5) is 8.53. The van der Waals surface area contributed by atoms with Crippen molar-refractivity contribution in [3.8, 4) is 0 Å². The van der Waals surface area contributed by atoms with Crippen LogP contribution in [-0.2, 0) is 19.6 Å². The smallest absolute Gasteiger partial charge is 0.191 e. The van der Waals surface area contributed by atoms with Crippen molar-refractivity contribution in [3.63, 3.8) is 0 Å². The van der Waals surface area contributed by atoms with E-state index in [1.807, 2.05) is 0 Å². The van der Waals surface area contributed by atoms with Crippen LogP contribution in [0.1, 0.15) is 36.8 Å². The van der Waals surface area contributed by atoms with Crippen LogP contribution in [-0.4, -0.2) is 30.5 Å². The van der Waals surface area contributed by atoms with Crippen LogP contribution in [0.15, 0.2) is 46.8 Å². The molecule has 0 aliphatic heterocycles. The van der Waals surface area contributed by atoms with E-state index in [2.05, 4.69) is 78.1 Å². The normalized spacial score (nSPS) is 11.3. The molecular formula is C20H31IN4S. The van der Waals surface area contributed by atoms with Crippen molar-refractivity contribution in [3.05, 3.63) is 57.8 Å². The highest BCUT2D eigenvalue weighted by Crippen LogP contribution is 2.13. The Hall–Kier alpha value is -1.12. The minimum Gasteiger partial charge on any atom is -0.357 e. The second-order valence-corrected chi connectivity index (χ2v) is 6.89. The highest BCUT2D eigenvalue weighted by atomic mass is 127. The van der Waals surface area contributed by atoms with Gasteiger partial charge in [0, 0.05) is 18.0 Å². The molecule has 6 heteroatoms. The zero-order valence-corrected chi connectivity index (χ0v) is 19.1. The Bertz CT molecular complexity index is 639. The average molecular weight is 486 g/mol. The Balaban J connectivity index is 0.00000338. The fourth-order valence-corrected chi connectivity index (χ4v) is 3.29. The number of aliphatic imine (C=N–C) groups is 1. The molecule has 0 spiro atoms. The molecule has 144 valence electrons. The van der Waals surface area contributed by atoms with Crippen molar-refractivity contribution in [2.24, 2.45) is 4.99 Å². The lowest BCUT2D eigenvalue weighted by Crippen LogP contribution is -2.36. The monoisotopic (exact) mass is 486 g/mol. The highest BCUT2D eigenvalue weighted by molar-refractivity contribution is 14.0. The van der Waals surface area contributed by atoms with Crippen LogP contribution in [0.3, 0.4) is 0 Å². The summed E-state index contributed by atoms with van der Waals surface area (Å²) in [6.45, 7) is 12.0. The molecule has 0 saturated heterocycles. The molecule has 2 rings (SSSR count). The van der Waals surface area contributed by atoms with E-state index in [0.717, 1.165) is 38.7 Å². The summed E-state index contributed by atoms with van der Waals surface area (Å²) in [7, 11) is 0. The van der Waals surface area contributed by atoms with Gasteiger partial charge < -0.3 is 10.6 Å². The number of guanidine groups is 1. The minimum absolute atomic E-state index is 0. The van der Waals surface area contributed by atoms with Crippen LogP contribution in [0.5, 0.6) is 0 Å². The zero-order valence-electron chi connectivity index (χ0n) is 16.0. The minimum atomic E-state index is 0. The summed E-state index contributed by atoms with van der Waals surface area (Å²) in [6, 6.07) is 12.8. The van der Waals surface area contributed by atoms with E-state index >= 15 is 0 Å². The van der Waals surface area contributed by atoms with E-state index < -0.39 is 0 Å². The molecule has 0 atom stereocenters. The number of benzene rings is 1. The van der Waals surface area contributed by atoms with Crippen molar-refractivity contribution in [1.82, 2.24) is 15.5 Å². The predicted octanol–water partition coefficient (Wildman–Crippen LogP) is 4.46. The summed E-state index contributed by atoms with van der Waals surface area (Å²) in [5, 5.41) is 8.85. The van der Waals surface area contributed by atoms with E-state index in [-0.39, 0.29) is 24.0 Å². The van der Waals surface area contributed by atoms with Crippen LogP contribution in [0.4, 0.5) is 0 Å². The summed E-state index contributed by atoms with van der Waals surface area (Å²) in [5.74, 6) is 0.869. The molecule has 0 aliphatic rings. The molecule has 1 heterocycles. The fourth-order valence-electron chi connectivity index (χ4n) is 2.64. The maximum Gasteiger partial charge on any atom is 0.191 e. The molecule has 0 aliphatic carbocycles. The van der Waals surface area contributed by atoms with Crippen LogP contribution < -0.4 is 10.6 Å². The Morgan fingerprint density at radius 3 is 2.35 bits per heavy atom. The fraction of sp³-hybridized carbons (Fsp3) is 0.450. The van der Waals surface area contributed by atoms with E-state index in [1.54, 1.807) is 11.3 Å². The molecule has 4 nitrogen and oxygen atoms in total. The van der Waals surface area contributed by atoms with E-state index in [9.17, 15) is 0 Å². The first-order chi connectivity index (χ1) is 12.3. The van der Waals surface area contributed by atoms with Gasteiger partial charge in [-0.3, -0.25) is 4.90 Å². The second kappa shape index (κ2) is 13.1. The number of halogens is 1. The van der Waals surface area contributed by atoms with Gasteiger partial charge in [-0.2, -0.15) is 0 Å². The van der Waals surface area contributed by atoms with E-state index in [4.69, 9.17) is 4.99 Å². The highest BCUT2D eigenvalue weighted by Gasteiger charge is 2.06. The van der Waals surface area contributed by atoms with Gasteiger partial charge >= 0.3 is 0 Å². The Morgan fingerprint density at radius 1 is 1.00 bits per heavy atom. The SMILES string of the molecule is CCNC(=NCc1ccccc1CN(CC)CC)NCc1cccs1.I. The molecule has 1 aromatic carbocycles. The lowest BCUT2D eigenvalue weighted by molar-refractivity contribution is 0.295. The molecule has 0 unspecified atom stereocenters. The van der Waals surface area contributed by atoms with Gasteiger partial charge in [-0.15, -0.1) is 35.3 Å². The Morgan fingerprint density at radius 2 is 1.73 bits per heavy atom. The summed E-state index contributed by atoms with van der Waals surface area (Å²) in [5.41, 5.74) is 2.66. The number of hydrogen-bond acceptors (Lipinski definition) is 3. The Labute approximate surface area is 179 Å². The van der Waals surface area contributed by atoms with Gasteiger partial charge in [0.15, 0.2) is 5.96 Å². The predicted molar refractivity (Wildman–Crippen MR) is 124 cm³/mol. The number of nitrogens with zero attached hydrogens (tertiary/aromatic N) is 2. The largest absolute Gasteiger partial charge is 0.357 e. The molecule has 2 aromatic rings. The topological polar surface area (TPSA) is 39.7 Å². The van der Waals surface area contributed by atoms with Crippen LogP contribution >= 0.6 is 35.3 Å². The number of rotatable bonds is 9. The van der Waals surface area contributed by atoms with Gasteiger partial charge in [-0.1, -0.05) is 44.2 Å². The third kappa shape index (κ3) is 7.63. The van der Waals surface area contributed by atoms with E-state index in [0.29, 0.717) is 6.54 Å². The number of thiophene rings is 1. The number of nitrogens with one attached hydrogen (secondary N) is 2. The molecule has 0 fully saturated rings. The summed E-state index contributed by atoms with van der Waals surface area (Å²) in [6.07, 6.45) is 0. The lowest BCUT2D eigenvalue weighted by Gasteiger charge is -2.20. The van der Waals surface area contributed by atoms with Gasteiger partial charge in [0.25, 0.3) is 0 Å². The second-order valence-electron chi connectivity index (χ2n) is 5.86. The molecule has 1 aromatic heterocycles. The standard InChI is InChI=1S/C20H30N4S.HI/c1-4-21-20(23-15-19-12-9-13-25-19)22-14-17-10-7-8-11-18(17)16-24(5-2)6-3;/h7-13H,4-6,14-16H2,1-3H3,(H2,21,22,23);1H. The lowest BCUT2D eigenvalue weighted by atomic mass is 10.1. The Kier molecular flexibility index (Phi) is 11.6. The van der Waals surface area contributed by atoms with Gasteiger partial charge in [-0.25, -0.2) is 4.99 Å². The average Bonchev–Trinajstić information content (AvgIpc) is 3.16. The zero-order chi connectivity index (χ0) is 17.9. The van der Waals surface area contributed by atoms with Crippen molar-refractivity contribution in [2.75, 3.05) is 19.6 Å². The van der Waals surface area contributed by atoms with Crippen LogP contribution in [0.2, 0.25) is 0 Å². The number of hydrogen-bond donors (Lipinski definition) is 2.